The highest BCUT2D eigenvalue weighted by Crippen LogP contribution is 2.28. The second-order valence-electron chi connectivity index (χ2n) is 7.74. The monoisotopic (exact) mass is 545 g/mol. The first kappa shape index (κ1) is 25.8. The van der Waals surface area contributed by atoms with Gasteiger partial charge in [0.1, 0.15) is 11.5 Å². The third-order valence-electron chi connectivity index (χ3n) is 5.29. The number of hydrogen-bond donors (Lipinski definition) is 0. The Kier molecular flexibility index (Phi) is 8.74. The second-order valence-corrected chi connectivity index (χ2v) is 10.4. The van der Waals surface area contributed by atoms with Crippen LogP contribution in [-0.4, -0.2) is 28.0 Å². The topological polar surface area (TPSA) is 72.9 Å². The van der Waals surface area contributed by atoms with Gasteiger partial charge in [-0.2, -0.15) is 0 Å². The molecule has 0 saturated heterocycles. The van der Waals surface area contributed by atoms with Crippen LogP contribution < -0.4 is 13.8 Å². The summed E-state index contributed by atoms with van der Waals surface area (Å²) in [4.78, 5) is 13.3. The van der Waals surface area contributed by atoms with Crippen molar-refractivity contribution in [2.24, 2.45) is 0 Å². The Morgan fingerprint density at radius 3 is 2.26 bits per heavy atom. The standard InChI is InChI=1S/C26H28BrNO5S/c1-4-20-9-16-25(24(27)18-20)33-17-5-6-26(29)28(21-10-12-22(32-3)13-11-21)34(30,31)23-14-7-19(2)8-15-23/h7-16,18H,4-6,17H2,1-3H3. The number of halogens is 1. The Morgan fingerprint density at radius 1 is 1.00 bits per heavy atom. The van der Waals surface area contributed by atoms with Gasteiger partial charge in [0.05, 0.1) is 28.8 Å². The molecule has 0 bridgehead atoms. The number of sulfonamides is 1. The highest BCUT2D eigenvalue weighted by atomic mass is 79.9. The molecule has 3 aromatic rings. The van der Waals surface area contributed by atoms with Crippen molar-refractivity contribution < 1.29 is 22.7 Å². The Labute approximate surface area is 209 Å². The van der Waals surface area contributed by atoms with E-state index in [2.05, 4.69) is 22.9 Å². The lowest BCUT2D eigenvalue weighted by Gasteiger charge is -2.23. The summed E-state index contributed by atoms with van der Waals surface area (Å²) in [6.45, 7) is 4.22. The van der Waals surface area contributed by atoms with E-state index in [-0.39, 0.29) is 23.6 Å². The van der Waals surface area contributed by atoms with Gasteiger partial charge in [-0.3, -0.25) is 4.79 Å². The van der Waals surface area contributed by atoms with E-state index in [1.165, 1.54) is 24.8 Å². The number of benzene rings is 3. The molecule has 6 nitrogen and oxygen atoms in total. The fraction of sp³-hybridized carbons (Fsp3) is 0.269. The van der Waals surface area contributed by atoms with Crippen molar-refractivity contribution >= 4 is 37.5 Å². The van der Waals surface area contributed by atoms with Crippen molar-refractivity contribution in [1.29, 1.82) is 0 Å². The summed E-state index contributed by atoms with van der Waals surface area (Å²) in [5, 5.41) is 0. The molecule has 0 unspecified atom stereocenters. The van der Waals surface area contributed by atoms with Gasteiger partial charge in [0.25, 0.3) is 10.0 Å². The fourth-order valence-corrected chi connectivity index (χ4v) is 5.33. The maximum atomic E-state index is 13.4. The maximum absolute atomic E-state index is 13.4. The molecule has 0 radical (unpaired) electrons. The summed E-state index contributed by atoms with van der Waals surface area (Å²) in [7, 11) is -2.58. The molecule has 1 amide bonds. The van der Waals surface area contributed by atoms with E-state index in [9.17, 15) is 13.2 Å². The highest BCUT2D eigenvalue weighted by Gasteiger charge is 2.30. The van der Waals surface area contributed by atoms with E-state index in [4.69, 9.17) is 9.47 Å². The molecule has 0 fully saturated rings. The van der Waals surface area contributed by atoms with Crippen molar-refractivity contribution in [2.45, 2.75) is 38.0 Å². The van der Waals surface area contributed by atoms with Gasteiger partial charge in [-0.25, -0.2) is 12.7 Å². The van der Waals surface area contributed by atoms with Gasteiger partial charge in [-0.15, -0.1) is 0 Å². The molecule has 3 aromatic carbocycles. The number of carbonyl (C=O) groups excluding carboxylic acids is 1. The fourth-order valence-electron chi connectivity index (χ4n) is 3.34. The van der Waals surface area contributed by atoms with Crippen molar-refractivity contribution in [3.8, 4) is 11.5 Å². The van der Waals surface area contributed by atoms with Gasteiger partial charge in [0, 0.05) is 6.42 Å². The Balaban J connectivity index is 1.77. The second kappa shape index (κ2) is 11.5. The zero-order chi connectivity index (χ0) is 24.7. The van der Waals surface area contributed by atoms with E-state index >= 15 is 0 Å². The van der Waals surface area contributed by atoms with Gasteiger partial charge in [0.15, 0.2) is 0 Å². The zero-order valence-corrected chi connectivity index (χ0v) is 21.9. The summed E-state index contributed by atoms with van der Waals surface area (Å²) >= 11 is 3.50. The van der Waals surface area contributed by atoms with Crippen LogP contribution in [0.1, 0.15) is 30.9 Å². The first-order valence-corrected chi connectivity index (χ1v) is 13.2. The van der Waals surface area contributed by atoms with Crippen LogP contribution in [0.2, 0.25) is 0 Å². The summed E-state index contributed by atoms with van der Waals surface area (Å²) in [5.74, 6) is 0.718. The van der Waals surface area contributed by atoms with Gasteiger partial charge >= 0.3 is 0 Å². The molecule has 0 aromatic heterocycles. The molecule has 0 aliphatic heterocycles. The highest BCUT2D eigenvalue weighted by molar-refractivity contribution is 9.10. The quantitative estimate of drug-likeness (QED) is 0.296. The summed E-state index contributed by atoms with van der Waals surface area (Å²) in [6, 6.07) is 18.7. The number of aryl methyl sites for hydroxylation is 2. The van der Waals surface area contributed by atoms with E-state index < -0.39 is 15.9 Å². The van der Waals surface area contributed by atoms with Crippen molar-refractivity contribution in [2.75, 3.05) is 18.0 Å². The average Bonchev–Trinajstić information content (AvgIpc) is 2.83. The number of nitrogens with zero attached hydrogens (tertiary/aromatic N) is 1. The van der Waals surface area contributed by atoms with Gasteiger partial charge in [-0.05, 0) is 89.8 Å². The van der Waals surface area contributed by atoms with Crippen LogP contribution >= 0.6 is 15.9 Å². The van der Waals surface area contributed by atoms with Crippen LogP contribution in [0.5, 0.6) is 11.5 Å². The minimum absolute atomic E-state index is 0.00177. The maximum Gasteiger partial charge on any atom is 0.270 e. The average molecular weight is 546 g/mol. The summed E-state index contributed by atoms with van der Waals surface area (Å²) in [5.41, 5.74) is 2.37. The van der Waals surface area contributed by atoms with Crippen LogP contribution in [0.3, 0.4) is 0 Å². The summed E-state index contributed by atoms with van der Waals surface area (Å²) < 4.78 is 39.6. The predicted molar refractivity (Wildman–Crippen MR) is 137 cm³/mol. The van der Waals surface area contributed by atoms with Crippen LogP contribution in [-0.2, 0) is 21.2 Å². The third kappa shape index (κ3) is 6.18. The molecule has 0 heterocycles. The Morgan fingerprint density at radius 2 is 1.68 bits per heavy atom. The van der Waals surface area contributed by atoms with Crippen molar-refractivity contribution in [3.05, 3.63) is 82.3 Å². The number of hydrogen-bond acceptors (Lipinski definition) is 5. The first-order valence-electron chi connectivity index (χ1n) is 11.0. The SMILES string of the molecule is CCc1ccc(OCCCC(=O)N(c2ccc(OC)cc2)S(=O)(=O)c2ccc(C)cc2)c(Br)c1. The molecular formula is C26H28BrNO5S. The molecular weight excluding hydrogens is 518 g/mol. The van der Waals surface area contributed by atoms with E-state index in [0.29, 0.717) is 17.9 Å². The van der Waals surface area contributed by atoms with Gasteiger partial charge in [-0.1, -0.05) is 30.7 Å². The lowest BCUT2D eigenvalue weighted by atomic mass is 10.2. The third-order valence-corrected chi connectivity index (χ3v) is 7.67. The molecule has 3 rings (SSSR count). The molecule has 8 heteroatoms. The lowest BCUT2D eigenvalue weighted by molar-refractivity contribution is -0.117. The minimum Gasteiger partial charge on any atom is -0.497 e. The molecule has 0 aliphatic rings. The number of anilines is 1. The van der Waals surface area contributed by atoms with Crippen molar-refractivity contribution in [1.82, 2.24) is 0 Å². The van der Waals surface area contributed by atoms with Gasteiger partial charge < -0.3 is 9.47 Å². The number of methoxy groups -OCH3 is 1. The van der Waals surface area contributed by atoms with Crippen LogP contribution in [0.15, 0.2) is 76.1 Å². The number of amides is 1. The minimum atomic E-state index is -4.10. The summed E-state index contributed by atoms with van der Waals surface area (Å²) in [6.07, 6.45) is 1.28. The normalized spacial score (nSPS) is 11.2. The smallest absolute Gasteiger partial charge is 0.270 e. The van der Waals surface area contributed by atoms with Crippen molar-refractivity contribution in [3.63, 3.8) is 0 Å². The number of carbonyl (C=O) groups is 1. The first-order chi connectivity index (χ1) is 16.3. The molecule has 34 heavy (non-hydrogen) atoms. The van der Waals surface area contributed by atoms with Crippen LogP contribution in [0, 0.1) is 6.92 Å². The molecule has 0 atom stereocenters. The lowest BCUT2D eigenvalue weighted by Crippen LogP contribution is -2.37. The van der Waals surface area contributed by atoms with Gasteiger partial charge in [0.2, 0.25) is 5.91 Å². The molecule has 0 spiro atoms. The van der Waals surface area contributed by atoms with Crippen LogP contribution in [0.4, 0.5) is 5.69 Å². The van der Waals surface area contributed by atoms with E-state index in [1.54, 1.807) is 36.4 Å². The molecule has 180 valence electrons. The number of ether oxygens (including phenoxy) is 2. The molecule has 0 aliphatic carbocycles. The number of rotatable bonds is 10. The Hall–Kier alpha value is -2.84. The largest absolute Gasteiger partial charge is 0.497 e. The van der Waals surface area contributed by atoms with E-state index in [1.807, 2.05) is 25.1 Å². The Bertz CT molecular complexity index is 1230. The molecule has 0 N–H and O–H groups in total. The van der Waals surface area contributed by atoms with Crippen LogP contribution in [0.25, 0.3) is 0 Å². The zero-order valence-electron chi connectivity index (χ0n) is 19.5. The predicted octanol–water partition coefficient (Wildman–Crippen LogP) is 5.91. The molecule has 0 saturated carbocycles. The van der Waals surface area contributed by atoms with E-state index in [0.717, 1.165) is 20.8 Å².